The second kappa shape index (κ2) is 6.18. The lowest BCUT2D eigenvalue weighted by molar-refractivity contribution is 0.658. The van der Waals surface area contributed by atoms with Crippen LogP contribution in [-0.2, 0) is 6.54 Å². The van der Waals surface area contributed by atoms with Gasteiger partial charge < -0.3 is 4.57 Å². The van der Waals surface area contributed by atoms with Gasteiger partial charge in [0.1, 0.15) is 11.3 Å². The van der Waals surface area contributed by atoms with E-state index in [1.54, 1.807) is 0 Å². The number of rotatable bonds is 5. The average molecular weight is 303 g/mol. The molecule has 18 heavy (non-hydrogen) atoms. The number of para-hydroxylation sites is 1. The van der Waals surface area contributed by atoms with Crippen LogP contribution in [0.2, 0.25) is 5.02 Å². The third-order valence-corrected chi connectivity index (χ3v) is 4.04. The van der Waals surface area contributed by atoms with Crippen molar-refractivity contribution < 1.29 is 0 Å². The molecule has 0 amide bonds. The molecule has 1 unspecified atom stereocenters. The van der Waals surface area contributed by atoms with Gasteiger partial charge in [-0.05, 0) is 37.5 Å². The lowest BCUT2D eigenvalue weighted by atomic mass is 10.3. The van der Waals surface area contributed by atoms with Gasteiger partial charge >= 0.3 is 0 Å². The third-order valence-electron chi connectivity index (χ3n) is 2.85. The van der Waals surface area contributed by atoms with Crippen LogP contribution in [0.1, 0.15) is 24.5 Å². The molecule has 0 aliphatic rings. The van der Waals surface area contributed by atoms with Crippen LogP contribution in [-0.4, -0.2) is 21.6 Å². The van der Waals surface area contributed by atoms with Gasteiger partial charge in [0.25, 0.3) is 0 Å². The molecule has 0 aliphatic heterocycles. The molecule has 1 atom stereocenters. The average Bonchev–Trinajstić information content (AvgIpc) is 2.70. The number of thioether (sulfide) groups is 1. The van der Waals surface area contributed by atoms with Gasteiger partial charge in [-0.15, -0.1) is 11.6 Å². The largest absolute Gasteiger partial charge is 0.327 e. The summed E-state index contributed by atoms with van der Waals surface area (Å²) in [7, 11) is 0. The van der Waals surface area contributed by atoms with Crippen molar-refractivity contribution in [1.82, 2.24) is 9.55 Å². The Morgan fingerprint density at radius 3 is 2.89 bits per heavy atom. The molecule has 1 heterocycles. The molecule has 5 heteroatoms. The topological polar surface area (TPSA) is 17.8 Å². The first kappa shape index (κ1) is 14.0. The number of fused-ring (bicyclic) bond motifs is 1. The van der Waals surface area contributed by atoms with Crippen molar-refractivity contribution in [2.45, 2.75) is 25.3 Å². The number of imidazole rings is 1. The third kappa shape index (κ3) is 2.79. The van der Waals surface area contributed by atoms with E-state index in [1.807, 2.05) is 30.8 Å². The minimum absolute atomic E-state index is 0.109. The summed E-state index contributed by atoms with van der Waals surface area (Å²) in [5.74, 6) is 2.04. The molecule has 0 fully saturated rings. The number of halogens is 2. The van der Waals surface area contributed by atoms with Crippen molar-refractivity contribution in [3.63, 3.8) is 0 Å². The highest BCUT2D eigenvalue weighted by atomic mass is 35.5. The first-order valence-electron chi connectivity index (χ1n) is 5.92. The van der Waals surface area contributed by atoms with E-state index in [0.717, 1.165) is 35.6 Å². The smallest absolute Gasteiger partial charge is 0.127 e. The van der Waals surface area contributed by atoms with Crippen molar-refractivity contribution >= 4 is 46.0 Å². The summed E-state index contributed by atoms with van der Waals surface area (Å²) in [6, 6.07) is 5.88. The maximum atomic E-state index is 6.21. The van der Waals surface area contributed by atoms with Crippen LogP contribution in [0.4, 0.5) is 0 Å². The highest BCUT2D eigenvalue weighted by Crippen LogP contribution is 2.29. The number of nitrogens with zero attached hydrogens (tertiary/aromatic N) is 2. The maximum Gasteiger partial charge on any atom is 0.127 e. The van der Waals surface area contributed by atoms with Gasteiger partial charge in [-0.3, -0.25) is 0 Å². The zero-order valence-electron chi connectivity index (χ0n) is 10.5. The second-order valence-corrected chi connectivity index (χ2v) is 6.24. The Balaban J connectivity index is 2.46. The zero-order valence-corrected chi connectivity index (χ0v) is 12.8. The molecule has 0 aliphatic carbocycles. The molecule has 2 aromatic rings. The van der Waals surface area contributed by atoms with Crippen molar-refractivity contribution in [2.75, 3.05) is 12.0 Å². The fourth-order valence-corrected chi connectivity index (χ4v) is 2.83. The molecule has 0 saturated heterocycles. The van der Waals surface area contributed by atoms with E-state index in [4.69, 9.17) is 23.2 Å². The molecule has 2 rings (SSSR count). The molecule has 0 saturated carbocycles. The minimum Gasteiger partial charge on any atom is -0.327 e. The predicted molar refractivity (Wildman–Crippen MR) is 82.0 cm³/mol. The molecule has 98 valence electrons. The summed E-state index contributed by atoms with van der Waals surface area (Å²) in [4.78, 5) is 4.58. The Bertz CT molecular complexity index is 537. The Morgan fingerprint density at radius 1 is 1.44 bits per heavy atom. The molecule has 0 bridgehead atoms. The van der Waals surface area contributed by atoms with E-state index < -0.39 is 0 Å². The summed E-state index contributed by atoms with van der Waals surface area (Å²) in [5, 5.41) is 0.581. The van der Waals surface area contributed by atoms with E-state index in [-0.39, 0.29) is 5.38 Å². The van der Waals surface area contributed by atoms with Gasteiger partial charge in [-0.1, -0.05) is 17.7 Å². The van der Waals surface area contributed by atoms with Crippen LogP contribution in [0.3, 0.4) is 0 Å². The summed E-state index contributed by atoms with van der Waals surface area (Å²) in [5.41, 5.74) is 1.93. The van der Waals surface area contributed by atoms with Crippen molar-refractivity contribution in [3.8, 4) is 0 Å². The monoisotopic (exact) mass is 302 g/mol. The van der Waals surface area contributed by atoms with Crippen molar-refractivity contribution in [1.29, 1.82) is 0 Å². The van der Waals surface area contributed by atoms with Gasteiger partial charge in [0, 0.05) is 6.54 Å². The fraction of sp³-hybridized carbons (Fsp3) is 0.462. The second-order valence-electron chi connectivity index (χ2n) is 4.19. The number of alkyl halides is 1. The quantitative estimate of drug-likeness (QED) is 0.586. The minimum atomic E-state index is -0.109. The Labute approximate surface area is 122 Å². The molecular formula is C13H16Cl2N2S. The molecule has 0 N–H and O–H groups in total. The summed E-state index contributed by atoms with van der Waals surface area (Å²) in [6.07, 6.45) is 3.23. The number of hydrogen-bond donors (Lipinski definition) is 0. The zero-order chi connectivity index (χ0) is 13.1. The van der Waals surface area contributed by atoms with E-state index in [9.17, 15) is 0 Å². The lowest BCUT2D eigenvalue weighted by Crippen LogP contribution is -2.05. The van der Waals surface area contributed by atoms with Crippen LogP contribution in [0, 0.1) is 0 Å². The summed E-state index contributed by atoms with van der Waals surface area (Å²) in [6.45, 7) is 2.88. The number of hydrogen-bond acceptors (Lipinski definition) is 2. The Kier molecular flexibility index (Phi) is 4.82. The standard InChI is InChI=1S/C13H16Cl2N2S/c1-9(14)13-16-12-10(15)5-3-6-11(12)17(13)7-4-8-18-2/h3,5-6,9H,4,7-8H2,1-2H3. The van der Waals surface area contributed by atoms with E-state index >= 15 is 0 Å². The van der Waals surface area contributed by atoms with Crippen LogP contribution >= 0.6 is 35.0 Å². The van der Waals surface area contributed by atoms with Gasteiger partial charge in [0.2, 0.25) is 0 Å². The molecule has 1 aromatic heterocycles. The molecular weight excluding hydrogens is 287 g/mol. The van der Waals surface area contributed by atoms with Crippen LogP contribution in [0.15, 0.2) is 18.2 Å². The van der Waals surface area contributed by atoms with Gasteiger partial charge in [0.05, 0.1) is 15.9 Å². The molecule has 0 radical (unpaired) electrons. The lowest BCUT2D eigenvalue weighted by Gasteiger charge is -2.09. The molecule has 2 nitrogen and oxygen atoms in total. The van der Waals surface area contributed by atoms with E-state index in [2.05, 4.69) is 21.9 Å². The normalized spacial score (nSPS) is 13.1. The van der Waals surface area contributed by atoms with Crippen LogP contribution in [0.5, 0.6) is 0 Å². The fourth-order valence-electron chi connectivity index (χ4n) is 2.04. The van der Waals surface area contributed by atoms with Gasteiger partial charge in [0.15, 0.2) is 0 Å². The first-order chi connectivity index (χ1) is 8.65. The number of aryl methyl sites for hydroxylation is 1. The number of benzene rings is 1. The van der Waals surface area contributed by atoms with Crippen molar-refractivity contribution in [3.05, 3.63) is 29.0 Å². The molecule has 1 aromatic carbocycles. The summed E-state index contributed by atoms with van der Waals surface area (Å²) < 4.78 is 2.19. The Morgan fingerprint density at radius 2 is 2.22 bits per heavy atom. The van der Waals surface area contributed by atoms with Crippen LogP contribution < -0.4 is 0 Å². The highest BCUT2D eigenvalue weighted by molar-refractivity contribution is 7.98. The van der Waals surface area contributed by atoms with Crippen LogP contribution in [0.25, 0.3) is 11.0 Å². The highest BCUT2D eigenvalue weighted by Gasteiger charge is 2.15. The van der Waals surface area contributed by atoms with Gasteiger partial charge in [-0.25, -0.2) is 4.98 Å². The van der Waals surface area contributed by atoms with E-state index in [0.29, 0.717) is 5.02 Å². The van der Waals surface area contributed by atoms with E-state index in [1.165, 1.54) is 0 Å². The van der Waals surface area contributed by atoms with Gasteiger partial charge in [-0.2, -0.15) is 11.8 Å². The summed E-state index contributed by atoms with van der Waals surface area (Å²) >= 11 is 14.3. The predicted octanol–water partition coefficient (Wildman–Crippen LogP) is 4.74. The first-order valence-corrected chi connectivity index (χ1v) is 8.13. The molecule has 0 spiro atoms. The number of aromatic nitrogens is 2. The Hall–Kier alpha value is -0.380. The SMILES string of the molecule is CSCCCn1c(C(C)Cl)nc2c(Cl)cccc21. The maximum absolute atomic E-state index is 6.21. The van der Waals surface area contributed by atoms with Crippen molar-refractivity contribution in [2.24, 2.45) is 0 Å².